The Labute approximate surface area is 268 Å². The quantitative estimate of drug-likeness (QED) is 0.231. The normalized spacial score (nSPS) is 19.1. The molecule has 8 nitrogen and oxygen atoms in total. The molecule has 1 N–H and O–H groups in total. The summed E-state index contributed by atoms with van der Waals surface area (Å²) in [5, 5.41) is 3.19. The van der Waals surface area contributed by atoms with E-state index in [1.165, 1.54) is 21.2 Å². The Balaban J connectivity index is 1.42. The molecule has 0 bridgehead atoms. The van der Waals surface area contributed by atoms with Gasteiger partial charge in [0, 0.05) is 40.3 Å². The van der Waals surface area contributed by atoms with Gasteiger partial charge in [0.1, 0.15) is 11.8 Å². The van der Waals surface area contributed by atoms with E-state index in [0.29, 0.717) is 26.3 Å². The Hall–Kier alpha value is -3.86. The number of carbonyl (C=O) groups is 3. The molecule has 44 heavy (non-hydrogen) atoms. The zero-order chi connectivity index (χ0) is 31.1. The molecule has 2 aliphatic rings. The van der Waals surface area contributed by atoms with Gasteiger partial charge in [0.05, 0.1) is 16.6 Å². The van der Waals surface area contributed by atoms with Crippen molar-refractivity contribution in [3.8, 4) is 0 Å². The van der Waals surface area contributed by atoms with Crippen LogP contribution in [0.15, 0.2) is 82.6 Å². The van der Waals surface area contributed by atoms with Crippen molar-refractivity contribution in [3.63, 3.8) is 0 Å². The summed E-state index contributed by atoms with van der Waals surface area (Å²) >= 11 is 8.33. The van der Waals surface area contributed by atoms with Gasteiger partial charge in [-0.2, -0.15) is 0 Å². The minimum absolute atomic E-state index is 0.208. The number of amides is 3. The lowest BCUT2D eigenvalue weighted by atomic mass is 9.83. The van der Waals surface area contributed by atoms with E-state index in [9.17, 15) is 19.2 Å². The van der Waals surface area contributed by atoms with Crippen LogP contribution >= 0.6 is 34.7 Å². The number of halogens is 1. The Morgan fingerprint density at radius 2 is 1.61 bits per heavy atom. The minimum Gasteiger partial charge on any atom is -0.372 e. The van der Waals surface area contributed by atoms with Crippen LogP contribution in [-0.2, 0) is 20.9 Å². The number of nitrogens with zero attached hydrogens (tertiary/aromatic N) is 3. The van der Waals surface area contributed by atoms with Crippen molar-refractivity contribution in [1.29, 1.82) is 0 Å². The summed E-state index contributed by atoms with van der Waals surface area (Å²) in [6, 6.07) is 22.1. The van der Waals surface area contributed by atoms with Gasteiger partial charge in [-0.05, 0) is 74.4 Å². The van der Waals surface area contributed by atoms with E-state index >= 15 is 0 Å². The highest BCUT2D eigenvalue weighted by Gasteiger charge is 2.56. The third-order valence-electron chi connectivity index (χ3n) is 8.24. The van der Waals surface area contributed by atoms with Crippen LogP contribution in [0.2, 0.25) is 5.02 Å². The molecule has 226 valence electrons. The first-order valence-corrected chi connectivity index (χ1v) is 16.5. The SMILES string of the molecule is CCN(CC)c1ccc([C@H]2c3sc(=O)n(CC(=O)Nc4ccccc4C)c3SC3C(=O)N(c4ccc(Cl)cc4)C(=O)C32)cc1. The summed E-state index contributed by atoms with van der Waals surface area (Å²) in [5.41, 5.74) is 3.92. The smallest absolute Gasteiger partial charge is 0.308 e. The van der Waals surface area contributed by atoms with Crippen LogP contribution < -0.4 is 20.0 Å². The summed E-state index contributed by atoms with van der Waals surface area (Å²) in [7, 11) is 0. The summed E-state index contributed by atoms with van der Waals surface area (Å²) in [5.74, 6) is -2.27. The summed E-state index contributed by atoms with van der Waals surface area (Å²) in [6.07, 6.45) is 0. The number of imide groups is 1. The van der Waals surface area contributed by atoms with E-state index in [-0.39, 0.29) is 29.1 Å². The van der Waals surface area contributed by atoms with Crippen molar-refractivity contribution in [2.24, 2.45) is 5.92 Å². The van der Waals surface area contributed by atoms with E-state index in [1.54, 1.807) is 24.3 Å². The Kier molecular flexibility index (Phi) is 8.41. The van der Waals surface area contributed by atoms with Crippen LogP contribution in [0.1, 0.15) is 35.8 Å². The number of hydrogen-bond acceptors (Lipinski definition) is 7. The van der Waals surface area contributed by atoms with Crippen molar-refractivity contribution in [2.45, 2.75) is 43.5 Å². The molecule has 3 heterocycles. The Morgan fingerprint density at radius 1 is 0.932 bits per heavy atom. The molecule has 0 saturated carbocycles. The number of aryl methyl sites for hydroxylation is 1. The predicted octanol–water partition coefficient (Wildman–Crippen LogP) is 6.15. The zero-order valence-electron chi connectivity index (χ0n) is 24.5. The maximum absolute atomic E-state index is 14.1. The van der Waals surface area contributed by atoms with Crippen molar-refractivity contribution in [1.82, 2.24) is 4.57 Å². The highest BCUT2D eigenvalue weighted by Crippen LogP contribution is 2.54. The van der Waals surface area contributed by atoms with Crippen molar-refractivity contribution in [2.75, 3.05) is 28.2 Å². The van der Waals surface area contributed by atoms with Gasteiger partial charge in [0.15, 0.2) is 0 Å². The van der Waals surface area contributed by atoms with Crippen molar-refractivity contribution < 1.29 is 14.4 Å². The van der Waals surface area contributed by atoms with Gasteiger partial charge in [-0.3, -0.25) is 23.7 Å². The number of rotatable bonds is 8. The number of aromatic nitrogens is 1. The Bertz CT molecular complexity index is 1800. The molecule has 3 atom stereocenters. The molecule has 11 heteroatoms. The molecule has 1 saturated heterocycles. The molecule has 2 unspecified atom stereocenters. The maximum atomic E-state index is 14.1. The monoisotopic (exact) mass is 646 g/mol. The molecule has 3 amide bonds. The number of hydrogen-bond donors (Lipinski definition) is 1. The van der Waals surface area contributed by atoms with Crippen LogP contribution in [0, 0.1) is 12.8 Å². The first-order chi connectivity index (χ1) is 21.2. The third kappa shape index (κ3) is 5.35. The average Bonchev–Trinajstić information content (AvgIpc) is 3.46. The van der Waals surface area contributed by atoms with E-state index in [1.807, 2.05) is 55.5 Å². The highest BCUT2D eigenvalue weighted by atomic mass is 35.5. The number of thioether (sulfide) groups is 1. The van der Waals surface area contributed by atoms with Gasteiger partial charge in [0.2, 0.25) is 17.7 Å². The molecule has 0 spiro atoms. The molecule has 3 aromatic carbocycles. The predicted molar refractivity (Wildman–Crippen MR) is 177 cm³/mol. The second-order valence-electron chi connectivity index (χ2n) is 10.8. The van der Waals surface area contributed by atoms with E-state index in [0.717, 1.165) is 41.2 Å². The van der Waals surface area contributed by atoms with Crippen molar-refractivity contribution >= 4 is 69.5 Å². The maximum Gasteiger partial charge on any atom is 0.308 e. The molecule has 2 aliphatic heterocycles. The molecule has 1 aromatic heterocycles. The molecule has 6 rings (SSSR count). The van der Waals surface area contributed by atoms with E-state index < -0.39 is 17.1 Å². The molecular weight excluding hydrogens is 616 g/mol. The number of para-hydroxylation sites is 1. The van der Waals surface area contributed by atoms with Gasteiger partial charge >= 0.3 is 4.87 Å². The van der Waals surface area contributed by atoms with Crippen LogP contribution in [0.4, 0.5) is 17.1 Å². The van der Waals surface area contributed by atoms with E-state index in [4.69, 9.17) is 11.6 Å². The van der Waals surface area contributed by atoms with Gasteiger partial charge in [-0.15, -0.1) is 0 Å². The minimum atomic E-state index is -0.766. The molecular formula is C33H31ClN4O4S2. The number of carbonyl (C=O) groups excluding carboxylic acids is 3. The van der Waals surface area contributed by atoms with Crippen LogP contribution in [0.5, 0.6) is 0 Å². The molecule has 0 aliphatic carbocycles. The van der Waals surface area contributed by atoms with Gasteiger partial charge < -0.3 is 10.2 Å². The fourth-order valence-corrected chi connectivity index (χ4v) is 8.89. The lowest BCUT2D eigenvalue weighted by molar-refractivity contribution is -0.122. The number of benzene rings is 3. The largest absolute Gasteiger partial charge is 0.372 e. The second-order valence-corrected chi connectivity index (χ2v) is 13.3. The zero-order valence-corrected chi connectivity index (χ0v) is 26.8. The van der Waals surface area contributed by atoms with Gasteiger partial charge in [-0.1, -0.05) is 65.0 Å². The van der Waals surface area contributed by atoms with Crippen LogP contribution in [0.25, 0.3) is 0 Å². The topological polar surface area (TPSA) is 91.7 Å². The molecule has 1 fully saturated rings. The van der Waals surface area contributed by atoms with E-state index in [2.05, 4.69) is 24.1 Å². The van der Waals surface area contributed by atoms with Crippen molar-refractivity contribution in [3.05, 3.63) is 103 Å². The number of fused-ring (bicyclic) bond motifs is 2. The standard InChI is InChI=1S/C33H31ClN4O4S2/c1-4-36(5-2)22-14-10-20(11-15-22)26-27-28(31(41)38(30(27)40)23-16-12-21(34)13-17-23)43-32-29(26)44-33(42)37(32)18-25(39)35-24-9-7-6-8-19(24)3/h6-17,26-28H,4-5,18H2,1-3H3,(H,35,39)/t26-,27?,28?/m1/s1. The van der Waals surface area contributed by atoms with Gasteiger partial charge in [-0.25, -0.2) is 4.90 Å². The number of thiazole rings is 1. The molecule has 0 radical (unpaired) electrons. The lowest BCUT2D eigenvalue weighted by Crippen LogP contribution is -2.33. The fraction of sp³-hybridized carbons (Fsp3) is 0.273. The second kappa shape index (κ2) is 12.3. The third-order valence-corrected chi connectivity index (χ3v) is 11.1. The van der Waals surface area contributed by atoms with Crippen LogP contribution in [0.3, 0.4) is 0 Å². The first-order valence-electron chi connectivity index (χ1n) is 14.5. The van der Waals surface area contributed by atoms with Gasteiger partial charge in [0.25, 0.3) is 0 Å². The molecule has 4 aromatic rings. The summed E-state index contributed by atoms with van der Waals surface area (Å²) in [6.45, 7) is 7.58. The van der Waals surface area contributed by atoms with Crippen LogP contribution in [-0.4, -0.2) is 40.6 Å². The lowest BCUT2D eigenvalue weighted by Gasteiger charge is -2.31. The highest BCUT2D eigenvalue weighted by molar-refractivity contribution is 8.00. The number of anilines is 3. The fourth-order valence-electron chi connectivity index (χ4n) is 5.99. The summed E-state index contributed by atoms with van der Waals surface area (Å²) in [4.78, 5) is 58.5. The summed E-state index contributed by atoms with van der Waals surface area (Å²) < 4.78 is 1.44. The number of nitrogens with one attached hydrogen (secondary N) is 1. The Morgan fingerprint density at radius 3 is 2.27 bits per heavy atom. The average molecular weight is 647 g/mol. The first kappa shape index (κ1) is 30.2.